The standard InChI is InChI=1S/C12H15BrCl2O/c1-2-4-9(7-13)8-16-11-6-3-5-10(14)12(11)15/h3,5-6,9H,2,4,7-8H2,1H3. The van der Waals surface area contributed by atoms with E-state index in [-0.39, 0.29) is 0 Å². The summed E-state index contributed by atoms with van der Waals surface area (Å²) in [4.78, 5) is 0. The molecule has 0 aromatic heterocycles. The summed E-state index contributed by atoms with van der Waals surface area (Å²) >= 11 is 15.4. The fourth-order valence-electron chi connectivity index (χ4n) is 1.42. The van der Waals surface area contributed by atoms with Crippen molar-refractivity contribution in [1.82, 2.24) is 0 Å². The van der Waals surface area contributed by atoms with Crippen molar-refractivity contribution in [1.29, 1.82) is 0 Å². The smallest absolute Gasteiger partial charge is 0.139 e. The Morgan fingerprint density at radius 2 is 2.12 bits per heavy atom. The Morgan fingerprint density at radius 3 is 2.75 bits per heavy atom. The first-order valence-corrected chi connectivity index (χ1v) is 7.19. The molecule has 1 rings (SSSR count). The van der Waals surface area contributed by atoms with Crippen LogP contribution in [0.1, 0.15) is 19.8 Å². The first-order chi connectivity index (χ1) is 7.69. The molecule has 0 N–H and O–H groups in total. The highest BCUT2D eigenvalue weighted by atomic mass is 79.9. The third kappa shape index (κ3) is 4.15. The number of alkyl halides is 1. The zero-order chi connectivity index (χ0) is 12.0. The van der Waals surface area contributed by atoms with Crippen molar-refractivity contribution in [2.24, 2.45) is 5.92 Å². The SMILES string of the molecule is CCCC(CBr)COc1cccc(Cl)c1Cl. The van der Waals surface area contributed by atoms with Gasteiger partial charge >= 0.3 is 0 Å². The van der Waals surface area contributed by atoms with Gasteiger partial charge < -0.3 is 4.74 Å². The minimum absolute atomic E-state index is 0.494. The lowest BCUT2D eigenvalue weighted by molar-refractivity contribution is 0.255. The number of benzene rings is 1. The van der Waals surface area contributed by atoms with Crippen LogP contribution in [0.3, 0.4) is 0 Å². The van der Waals surface area contributed by atoms with Crippen molar-refractivity contribution in [2.75, 3.05) is 11.9 Å². The van der Waals surface area contributed by atoms with Crippen molar-refractivity contribution < 1.29 is 4.74 Å². The fourth-order valence-corrected chi connectivity index (χ4v) is 2.27. The van der Waals surface area contributed by atoms with E-state index in [9.17, 15) is 0 Å². The van der Waals surface area contributed by atoms with Crippen LogP contribution in [0, 0.1) is 5.92 Å². The van der Waals surface area contributed by atoms with Gasteiger partial charge in [-0.25, -0.2) is 0 Å². The van der Waals surface area contributed by atoms with Gasteiger partial charge in [0, 0.05) is 11.2 Å². The Balaban J connectivity index is 2.56. The van der Waals surface area contributed by atoms with E-state index in [0.29, 0.717) is 28.3 Å². The van der Waals surface area contributed by atoms with Gasteiger partial charge in [-0.2, -0.15) is 0 Å². The quantitative estimate of drug-likeness (QED) is 0.654. The summed E-state index contributed by atoms with van der Waals surface area (Å²) in [6, 6.07) is 5.43. The Hall–Kier alpha value is 0.0800. The summed E-state index contributed by atoms with van der Waals surface area (Å²) in [5, 5.41) is 1.97. The molecule has 4 heteroatoms. The highest BCUT2D eigenvalue weighted by Crippen LogP contribution is 2.31. The van der Waals surface area contributed by atoms with E-state index in [1.165, 1.54) is 0 Å². The van der Waals surface area contributed by atoms with E-state index in [1.54, 1.807) is 6.07 Å². The van der Waals surface area contributed by atoms with Gasteiger partial charge in [-0.15, -0.1) is 0 Å². The van der Waals surface area contributed by atoms with E-state index < -0.39 is 0 Å². The number of ether oxygens (including phenoxy) is 1. The predicted octanol–water partition coefficient (Wildman–Crippen LogP) is 5.18. The first-order valence-electron chi connectivity index (χ1n) is 5.31. The van der Waals surface area contributed by atoms with Crippen LogP contribution < -0.4 is 4.74 Å². The van der Waals surface area contributed by atoms with Crippen LogP contribution >= 0.6 is 39.1 Å². The Morgan fingerprint density at radius 1 is 1.38 bits per heavy atom. The summed E-state index contributed by atoms with van der Waals surface area (Å²) in [6.07, 6.45) is 2.30. The average Bonchev–Trinajstić information content (AvgIpc) is 2.29. The molecule has 0 radical (unpaired) electrons. The molecule has 1 atom stereocenters. The lowest BCUT2D eigenvalue weighted by Crippen LogP contribution is -2.13. The molecule has 0 spiro atoms. The molecule has 1 aromatic carbocycles. The molecule has 1 nitrogen and oxygen atoms in total. The van der Waals surface area contributed by atoms with Crippen LogP contribution in [-0.2, 0) is 0 Å². The molecule has 1 aromatic rings. The van der Waals surface area contributed by atoms with Crippen LogP contribution in [0.15, 0.2) is 18.2 Å². The van der Waals surface area contributed by atoms with Gasteiger partial charge in [-0.1, -0.05) is 58.5 Å². The van der Waals surface area contributed by atoms with Crippen LogP contribution in [0.5, 0.6) is 5.75 Å². The van der Waals surface area contributed by atoms with Crippen LogP contribution in [0.25, 0.3) is 0 Å². The van der Waals surface area contributed by atoms with Gasteiger partial charge in [0.25, 0.3) is 0 Å². The normalized spacial score (nSPS) is 12.5. The summed E-state index contributed by atoms with van der Waals surface area (Å²) in [7, 11) is 0. The molecule has 16 heavy (non-hydrogen) atoms. The predicted molar refractivity (Wildman–Crippen MR) is 74.1 cm³/mol. The molecule has 0 fully saturated rings. The summed E-state index contributed by atoms with van der Waals surface area (Å²) in [5.41, 5.74) is 0. The van der Waals surface area contributed by atoms with E-state index in [1.807, 2.05) is 12.1 Å². The zero-order valence-corrected chi connectivity index (χ0v) is 12.3. The Kier molecular flexibility index (Phi) is 6.55. The summed E-state index contributed by atoms with van der Waals surface area (Å²) < 4.78 is 5.68. The van der Waals surface area contributed by atoms with Crippen molar-refractivity contribution in [3.05, 3.63) is 28.2 Å². The largest absolute Gasteiger partial charge is 0.492 e. The van der Waals surface area contributed by atoms with Gasteiger partial charge in [0.1, 0.15) is 10.8 Å². The summed E-state index contributed by atoms with van der Waals surface area (Å²) in [6.45, 7) is 2.83. The van der Waals surface area contributed by atoms with E-state index >= 15 is 0 Å². The van der Waals surface area contributed by atoms with Crippen molar-refractivity contribution in [3.63, 3.8) is 0 Å². The van der Waals surface area contributed by atoms with Gasteiger partial charge in [-0.05, 0) is 18.6 Å². The van der Waals surface area contributed by atoms with Crippen molar-refractivity contribution in [2.45, 2.75) is 19.8 Å². The maximum Gasteiger partial charge on any atom is 0.139 e. The molecule has 0 amide bonds. The maximum absolute atomic E-state index is 6.03. The van der Waals surface area contributed by atoms with E-state index in [2.05, 4.69) is 22.9 Å². The maximum atomic E-state index is 6.03. The van der Waals surface area contributed by atoms with E-state index in [0.717, 1.165) is 18.2 Å². The van der Waals surface area contributed by atoms with Gasteiger partial charge in [-0.3, -0.25) is 0 Å². The molecule has 0 aliphatic rings. The molecule has 0 aliphatic heterocycles. The van der Waals surface area contributed by atoms with Crippen molar-refractivity contribution >= 4 is 39.1 Å². The van der Waals surface area contributed by atoms with Crippen LogP contribution in [-0.4, -0.2) is 11.9 Å². The molecule has 1 unspecified atom stereocenters. The lowest BCUT2D eigenvalue weighted by atomic mass is 10.1. The lowest BCUT2D eigenvalue weighted by Gasteiger charge is -2.15. The first kappa shape index (κ1) is 14.1. The fraction of sp³-hybridized carbons (Fsp3) is 0.500. The number of halogens is 3. The van der Waals surface area contributed by atoms with Crippen LogP contribution in [0.2, 0.25) is 10.0 Å². The highest BCUT2D eigenvalue weighted by Gasteiger charge is 2.10. The zero-order valence-electron chi connectivity index (χ0n) is 9.18. The average molecular weight is 326 g/mol. The molecule has 0 saturated heterocycles. The molecular weight excluding hydrogens is 311 g/mol. The monoisotopic (exact) mass is 324 g/mol. The van der Waals surface area contributed by atoms with Gasteiger partial charge in [0.05, 0.1) is 11.6 Å². The number of hydrogen-bond acceptors (Lipinski definition) is 1. The second-order valence-corrected chi connectivity index (χ2v) is 5.10. The van der Waals surface area contributed by atoms with Gasteiger partial charge in [0.2, 0.25) is 0 Å². The molecular formula is C12H15BrCl2O. The highest BCUT2D eigenvalue weighted by molar-refractivity contribution is 9.09. The molecule has 90 valence electrons. The summed E-state index contributed by atoms with van der Waals surface area (Å²) in [5.74, 6) is 1.18. The molecule has 0 heterocycles. The minimum atomic E-state index is 0.494. The third-order valence-corrected chi connectivity index (χ3v) is 4.02. The second kappa shape index (κ2) is 7.41. The number of hydrogen-bond donors (Lipinski definition) is 0. The Bertz CT molecular complexity index is 331. The molecule has 0 aliphatic carbocycles. The Labute approximate surface area is 115 Å². The number of rotatable bonds is 6. The topological polar surface area (TPSA) is 9.23 Å². The van der Waals surface area contributed by atoms with E-state index in [4.69, 9.17) is 27.9 Å². The molecule has 0 bridgehead atoms. The van der Waals surface area contributed by atoms with Crippen LogP contribution in [0.4, 0.5) is 0 Å². The van der Waals surface area contributed by atoms with Gasteiger partial charge in [0.15, 0.2) is 0 Å². The minimum Gasteiger partial charge on any atom is -0.492 e. The van der Waals surface area contributed by atoms with Crippen molar-refractivity contribution in [3.8, 4) is 5.75 Å². The second-order valence-electron chi connectivity index (χ2n) is 3.67. The molecule has 0 saturated carbocycles. The third-order valence-electron chi connectivity index (χ3n) is 2.31.